The highest BCUT2D eigenvalue weighted by molar-refractivity contribution is 5.96. The maximum atomic E-state index is 14.1. The number of imidazole rings is 1. The molecule has 0 aliphatic heterocycles. The first kappa shape index (κ1) is 15.4. The number of fused-ring (bicyclic) bond motifs is 1. The largest absolute Gasteiger partial charge is 0.338 e. The summed E-state index contributed by atoms with van der Waals surface area (Å²) >= 11 is 0. The number of urea groups is 1. The smallest absolute Gasteiger partial charge is 0.321 e. The first-order valence-electron chi connectivity index (χ1n) is 7.22. The van der Waals surface area contributed by atoms with Gasteiger partial charge in [0.1, 0.15) is 17.0 Å². The molecule has 2 aromatic heterocycles. The van der Waals surface area contributed by atoms with E-state index in [4.69, 9.17) is 0 Å². The first-order chi connectivity index (χ1) is 11.6. The van der Waals surface area contributed by atoms with Gasteiger partial charge in [-0.25, -0.2) is 14.2 Å². The first-order valence-corrected chi connectivity index (χ1v) is 7.22. The maximum absolute atomic E-state index is 14.1. The van der Waals surface area contributed by atoms with Crippen molar-refractivity contribution in [2.24, 2.45) is 0 Å². The summed E-state index contributed by atoms with van der Waals surface area (Å²) in [6.07, 6.45) is 1.46. The molecule has 0 radical (unpaired) electrons. The molecule has 120 valence electrons. The van der Waals surface area contributed by atoms with Crippen LogP contribution >= 0.6 is 0 Å². The molecule has 3 rings (SSSR count). The number of benzene rings is 1. The topological polar surface area (TPSA) is 106 Å². The standard InChI is InChI=1S/C16H13FN6O/c1-2-19-16(24)23-15-21-12-7-9(8-18)6-10(14(12)22-15)13-11(17)4-3-5-20-13/h3-7H,2H2,1H3,(H3,19,21,22,23,24). The summed E-state index contributed by atoms with van der Waals surface area (Å²) in [5, 5.41) is 14.3. The van der Waals surface area contributed by atoms with E-state index >= 15 is 0 Å². The molecular formula is C16H13FN6O. The van der Waals surface area contributed by atoms with Crippen molar-refractivity contribution in [3.8, 4) is 17.3 Å². The van der Waals surface area contributed by atoms with Gasteiger partial charge in [0, 0.05) is 18.3 Å². The van der Waals surface area contributed by atoms with Crippen molar-refractivity contribution in [2.75, 3.05) is 11.9 Å². The van der Waals surface area contributed by atoms with Gasteiger partial charge >= 0.3 is 6.03 Å². The fourth-order valence-electron chi connectivity index (χ4n) is 2.32. The van der Waals surface area contributed by atoms with Crippen molar-refractivity contribution in [1.29, 1.82) is 5.26 Å². The van der Waals surface area contributed by atoms with Gasteiger partial charge in [-0.2, -0.15) is 5.26 Å². The van der Waals surface area contributed by atoms with Gasteiger partial charge in [-0.15, -0.1) is 0 Å². The summed E-state index contributed by atoms with van der Waals surface area (Å²) < 4.78 is 14.1. The monoisotopic (exact) mass is 324 g/mol. The number of hydrogen-bond donors (Lipinski definition) is 3. The van der Waals surface area contributed by atoms with Crippen molar-refractivity contribution < 1.29 is 9.18 Å². The molecule has 24 heavy (non-hydrogen) atoms. The van der Waals surface area contributed by atoms with Crippen LogP contribution in [-0.4, -0.2) is 27.5 Å². The number of amides is 2. The van der Waals surface area contributed by atoms with Gasteiger partial charge in [0.15, 0.2) is 0 Å². The highest BCUT2D eigenvalue weighted by Gasteiger charge is 2.16. The molecule has 2 heterocycles. The minimum absolute atomic E-state index is 0.0932. The Labute approximate surface area is 136 Å². The lowest BCUT2D eigenvalue weighted by Gasteiger charge is -2.03. The number of nitrogens with zero attached hydrogens (tertiary/aromatic N) is 3. The summed E-state index contributed by atoms with van der Waals surface area (Å²) in [5.41, 5.74) is 1.72. The van der Waals surface area contributed by atoms with Crippen molar-refractivity contribution in [2.45, 2.75) is 6.92 Å². The summed E-state index contributed by atoms with van der Waals surface area (Å²) in [7, 11) is 0. The molecule has 0 fully saturated rings. The zero-order chi connectivity index (χ0) is 17.1. The van der Waals surface area contributed by atoms with E-state index in [0.717, 1.165) is 0 Å². The Balaban J connectivity index is 2.14. The lowest BCUT2D eigenvalue weighted by molar-refractivity contribution is 0.252. The molecular weight excluding hydrogens is 311 g/mol. The van der Waals surface area contributed by atoms with Crippen LogP contribution in [0, 0.1) is 17.1 Å². The highest BCUT2D eigenvalue weighted by Crippen LogP contribution is 2.30. The van der Waals surface area contributed by atoms with E-state index in [1.807, 2.05) is 6.07 Å². The van der Waals surface area contributed by atoms with Gasteiger partial charge in [-0.05, 0) is 31.2 Å². The molecule has 0 aliphatic rings. The van der Waals surface area contributed by atoms with Crippen molar-refractivity contribution in [3.63, 3.8) is 0 Å². The van der Waals surface area contributed by atoms with Crippen LogP contribution in [0.4, 0.5) is 15.1 Å². The van der Waals surface area contributed by atoms with Crippen molar-refractivity contribution in [1.82, 2.24) is 20.3 Å². The second-order valence-electron chi connectivity index (χ2n) is 4.94. The van der Waals surface area contributed by atoms with Crippen molar-refractivity contribution in [3.05, 3.63) is 41.8 Å². The van der Waals surface area contributed by atoms with E-state index in [9.17, 15) is 14.4 Å². The molecule has 0 atom stereocenters. The number of aromatic nitrogens is 3. The van der Waals surface area contributed by atoms with Gasteiger partial charge in [0.05, 0.1) is 17.1 Å². The zero-order valence-electron chi connectivity index (χ0n) is 12.7. The van der Waals surface area contributed by atoms with Gasteiger partial charge in [-0.1, -0.05) is 0 Å². The van der Waals surface area contributed by atoms with E-state index in [0.29, 0.717) is 28.7 Å². The number of H-pyrrole nitrogens is 1. The number of aromatic amines is 1. The van der Waals surface area contributed by atoms with Crippen LogP contribution in [0.25, 0.3) is 22.3 Å². The molecule has 0 spiro atoms. The Hall–Kier alpha value is -3.47. The van der Waals surface area contributed by atoms with E-state index in [2.05, 4.69) is 25.6 Å². The van der Waals surface area contributed by atoms with Crippen LogP contribution < -0.4 is 10.6 Å². The van der Waals surface area contributed by atoms with Crippen LogP contribution in [0.3, 0.4) is 0 Å². The second-order valence-corrected chi connectivity index (χ2v) is 4.94. The Kier molecular flexibility index (Phi) is 4.07. The number of carbonyl (C=O) groups excluding carboxylic acids is 1. The zero-order valence-corrected chi connectivity index (χ0v) is 12.7. The Morgan fingerprint density at radius 1 is 1.46 bits per heavy atom. The van der Waals surface area contributed by atoms with Gasteiger partial charge in [0.25, 0.3) is 0 Å². The summed E-state index contributed by atoms with van der Waals surface area (Å²) in [5.74, 6) is -0.321. The van der Waals surface area contributed by atoms with Crippen LogP contribution in [0.5, 0.6) is 0 Å². The van der Waals surface area contributed by atoms with Gasteiger partial charge < -0.3 is 10.3 Å². The summed E-state index contributed by atoms with van der Waals surface area (Å²) in [4.78, 5) is 22.8. The number of anilines is 1. The number of nitrogens with one attached hydrogen (secondary N) is 3. The molecule has 3 aromatic rings. The Morgan fingerprint density at radius 3 is 3.00 bits per heavy atom. The molecule has 0 saturated carbocycles. The summed E-state index contributed by atoms with van der Waals surface area (Å²) in [6, 6.07) is 7.47. The fraction of sp³-hybridized carbons (Fsp3) is 0.125. The van der Waals surface area contributed by atoms with Crippen LogP contribution in [0.1, 0.15) is 12.5 Å². The third-order valence-electron chi connectivity index (χ3n) is 3.30. The predicted molar refractivity (Wildman–Crippen MR) is 86.7 cm³/mol. The quantitative estimate of drug-likeness (QED) is 0.688. The van der Waals surface area contributed by atoms with E-state index in [1.165, 1.54) is 24.4 Å². The average Bonchev–Trinajstić information content (AvgIpc) is 2.96. The molecule has 8 heteroatoms. The number of nitriles is 1. The lowest BCUT2D eigenvalue weighted by Crippen LogP contribution is -2.28. The molecule has 0 saturated heterocycles. The molecule has 0 bridgehead atoms. The third-order valence-corrected chi connectivity index (χ3v) is 3.30. The Morgan fingerprint density at radius 2 is 2.29 bits per heavy atom. The Bertz CT molecular complexity index is 959. The van der Waals surface area contributed by atoms with Crippen molar-refractivity contribution >= 4 is 23.0 Å². The minimum atomic E-state index is -0.518. The van der Waals surface area contributed by atoms with E-state index in [-0.39, 0.29) is 11.6 Å². The number of halogens is 1. The lowest BCUT2D eigenvalue weighted by atomic mass is 10.1. The fourth-order valence-corrected chi connectivity index (χ4v) is 2.32. The number of pyridine rings is 1. The second kappa shape index (κ2) is 6.34. The van der Waals surface area contributed by atoms with Gasteiger partial charge in [0.2, 0.25) is 5.95 Å². The van der Waals surface area contributed by atoms with Crippen LogP contribution in [0.15, 0.2) is 30.5 Å². The highest BCUT2D eigenvalue weighted by atomic mass is 19.1. The summed E-state index contributed by atoms with van der Waals surface area (Å²) in [6.45, 7) is 2.26. The maximum Gasteiger partial charge on any atom is 0.321 e. The molecule has 3 N–H and O–H groups in total. The van der Waals surface area contributed by atoms with Crippen LogP contribution in [0.2, 0.25) is 0 Å². The van der Waals surface area contributed by atoms with Gasteiger partial charge in [-0.3, -0.25) is 10.3 Å². The minimum Gasteiger partial charge on any atom is -0.338 e. The molecule has 7 nitrogen and oxygen atoms in total. The number of rotatable bonds is 3. The number of carbonyl (C=O) groups is 1. The molecule has 1 aromatic carbocycles. The number of hydrogen-bond acceptors (Lipinski definition) is 4. The van der Waals surface area contributed by atoms with Crippen LogP contribution in [-0.2, 0) is 0 Å². The third kappa shape index (κ3) is 2.87. The molecule has 0 unspecified atom stereocenters. The average molecular weight is 324 g/mol. The van der Waals surface area contributed by atoms with E-state index in [1.54, 1.807) is 13.0 Å². The molecule has 2 amide bonds. The molecule has 0 aliphatic carbocycles. The predicted octanol–water partition coefficient (Wildman–Crippen LogP) is 2.78. The normalized spacial score (nSPS) is 10.4. The SMILES string of the molecule is CCNC(=O)Nc1nc2c(-c3ncccc3F)cc(C#N)cc2[nH]1. The van der Waals surface area contributed by atoms with E-state index < -0.39 is 11.8 Å².